The Balaban J connectivity index is 2.03. The average Bonchev–Trinajstić information content (AvgIpc) is 3.43. The number of fused-ring (bicyclic) bond motifs is 1. The molecule has 2 amide bonds. The highest BCUT2D eigenvalue weighted by atomic mass is 79.9. The molecule has 0 unspecified atom stereocenters. The molecule has 9 nitrogen and oxygen atoms in total. The van der Waals surface area contributed by atoms with E-state index >= 15 is 0 Å². The highest BCUT2D eigenvalue weighted by Crippen LogP contribution is 2.44. The summed E-state index contributed by atoms with van der Waals surface area (Å²) in [6, 6.07) is 0.881. The monoisotopic (exact) mass is 541 g/mol. The summed E-state index contributed by atoms with van der Waals surface area (Å²) < 4.78 is 42.8. The highest BCUT2D eigenvalue weighted by Gasteiger charge is 2.35. The molecule has 0 radical (unpaired) electrons. The standard InChI is InChI=1S/C19H15BrF3N7O2S/c1-3-30-6-9(7(2)29-30)8-4-11(19(21,22)23)26-18-12(8)14(15(33-18)16(24)31)27-17(32)13-10(20)5-25-28-13/h4-6H,3H2,1-2H3,(H2,24,31)(H,25,28)(H,27,32). The number of nitrogens with one attached hydrogen (secondary N) is 2. The number of primary amides is 1. The second-order valence-electron chi connectivity index (χ2n) is 6.93. The van der Waals surface area contributed by atoms with Gasteiger partial charge in [0.15, 0.2) is 0 Å². The predicted octanol–water partition coefficient (Wildman–Crippen LogP) is 4.34. The van der Waals surface area contributed by atoms with Gasteiger partial charge in [-0.05, 0) is 41.4 Å². The second kappa shape index (κ2) is 8.26. The Morgan fingerprint density at radius 1 is 1.33 bits per heavy atom. The van der Waals surface area contributed by atoms with Gasteiger partial charge in [-0.25, -0.2) is 4.98 Å². The minimum Gasteiger partial charge on any atom is -0.365 e. The summed E-state index contributed by atoms with van der Waals surface area (Å²) in [5, 5.41) is 13.3. The van der Waals surface area contributed by atoms with Crippen molar-refractivity contribution in [2.24, 2.45) is 5.73 Å². The van der Waals surface area contributed by atoms with Crippen molar-refractivity contribution in [3.8, 4) is 11.1 Å². The summed E-state index contributed by atoms with van der Waals surface area (Å²) >= 11 is 3.85. The van der Waals surface area contributed by atoms with Gasteiger partial charge < -0.3 is 11.1 Å². The Labute approximate surface area is 196 Å². The smallest absolute Gasteiger partial charge is 0.365 e. The van der Waals surface area contributed by atoms with Gasteiger partial charge in [-0.2, -0.15) is 23.4 Å². The second-order valence-corrected chi connectivity index (χ2v) is 8.79. The van der Waals surface area contributed by atoms with Gasteiger partial charge in [0.05, 0.1) is 22.1 Å². The number of alkyl halides is 3. The zero-order valence-corrected chi connectivity index (χ0v) is 19.4. The van der Waals surface area contributed by atoms with E-state index in [0.29, 0.717) is 33.6 Å². The summed E-state index contributed by atoms with van der Waals surface area (Å²) in [4.78, 5) is 28.5. The third-order valence-electron chi connectivity index (χ3n) is 4.80. The summed E-state index contributed by atoms with van der Waals surface area (Å²) in [6.45, 7) is 3.99. The van der Waals surface area contributed by atoms with Gasteiger partial charge in [-0.15, -0.1) is 11.3 Å². The molecule has 4 heterocycles. The van der Waals surface area contributed by atoms with E-state index in [1.165, 1.54) is 6.20 Å². The molecule has 4 aromatic heterocycles. The van der Waals surface area contributed by atoms with Gasteiger partial charge in [0, 0.05) is 23.7 Å². The molecule has 4 rings (SSSR count). The number of aromatic amines is 1. The number of pyridine rings is 1. The van der Waals surface area contributed by atoms with E-state index in [2.05, 4.69) is 41.5 Å². The molecule has 0 aliphatic rings. The highest BCUT2D eigenvalue weighted by molar-refractivity contribution is 9.10. The van der Waals surface area contributed by atoms with Crippen LogP contribution in [0.1, 0.15) is 38.5 Å². The molecule has 4 N–H and O–H groups in total. The maximum atomic E-state index is 13.6. The number of amides is 2. The van der Waals surface area contributed by atoms with Crippen molar-refractivity contribution in [3.05, 3.63) is 44.9 Å². The van der Waals surface area contributed by atoms with Crippen LogP contribution in [-0.4, -0.2) is 36.8 Å². The molecule has 0 aliphatic carbocycles. The number of nitrogens with zero attached hydrogens (tertiary/aromatic N) is 4. The molecular weight excluding hydrogens is 527 g/mol. The normalized spacial score (nSPS) is 11.8. The van der Waals surface area contributed by atoms with E-state index in [0.717, 1.165) is 6.07 Å². The number of halogens is 4. The Hall–Kier alpha value is -3.26. The first kappa shape index (κ1) is 22.9. The molecule has 0 saturated heterocycles. The molecular formula is C19H15BrF3N7O2S. The van der Waals surface area contributed by atoms with Crippen molar-refractivity contribution in [2.45, 2.75) is 26.6 Å². The topological polar surface area (TPSA) is 132 Å². The fourth-order valence-corrected chi connectivity index (χ4v) is 4.68. The lowest BCUT2D eigenvalue weighted by Crippen LogP contribution is -2.17. The Kier molecular flexibility index (Phi) is 5.74. The van der Waals surface area contributed by atoms with Gasteiger partial charge in [-0.3, -0.25) is 19.4 Å². The molecule has 14 heteroatoms. The molecule has 0 saturated carbocycles. The number of aryl methyl sites for hydroxylation is 2. The zero-order valence-electron chi connectivity index (χ0n) is 17.0. The van der Waals surface area contributed by atoms with Crippen LogP contribution in [0.25, 0.3) is 21.3 Å². The number of carbonyl (C=O) groups is 2. The van der Waals surface area contributed by atoms with E-state index in [1.807, 2.05) is 6.92 Å². The number of H-pyrrole nitrogens is 1. The maximum absolute atomic E-state index is 13.6. The molecule has 172 valence electrons. The number of carbonyl (C=O) groups excluding carboxylic acids is 2. The van der Waals surface area contributed by atoms with Crippen LogP contribution in [0.5, 0.6) is 0 Å². The fraction of sp³-hybridized carbons (Fsp3) is 0.211. The summed E-state index contributed by atoms with van der Waals surface area (Å²) in [6.07, 6.45) is -1.78. The fourth-order valence-electron chi connectivity index (χ4n) is 3.30. The van der Waals surface area contributed by atoms with Gasteiger partial charge in [0.1, 0.15) is 21.1 Å². The molecule has 0 aromatic carbocycles. The number of hydrogen-bond acceptors (Lipinski definition) is 6. The van der Waals surface area contributed by atoms with Crippen LogP contribution in [-0.2, 0) is 12.7 Å². The van der Waals surface area contributed by atoms with Crippen molar-refractivity contribution < 1.29 is 22.8 Å². The maximum Gasteiger partial charge on any atom is 0.433 e. The van der Waals surface area contributed by atoms with E-state index < -0.39 is 23.7 Å². The van der Waals surface area contributed by atoms with Crippen LogP contribution >= 0.6 is 27.3 Å². The van der Waals surface area contributed by atoms with E-state index in [1.54, 1.807) is 17.8 Å². The SMILES string of the molecule is CCn1cc(-c2cc(C(F)(F)F)nc3sc(C(N)=O)c(NC(=O)c4[nH]ncc4Br)c23)c(C)n1. The predicted molar refractivity (Wildman–Crippen MR) is 119 cm³/mol. The van der Waals surface area contributed by atoms with Crippen molar-refractivity contribution in [3.63, 3.8) is 0 Å². The molecule has 0 spiro atoms. The summed E-state index contributed by atoms with van der Waals surface area (Å²) in [5.74, 6) is -1.59. The lowest BCUT2D eigenvalue weighted by atomic mass is 10.0. The van der Waals surface area contributed by atoms with Crippen molar-refractivity contribution in [2.75, 3.05) is 5.32 Å². The van der Waals surface area contributed by atoms with Gasteiger partial charge in [-0.1, -0.05) is 0 Å². The largest absolute Gasteiger partial charge is 0.433 e. The van der Waals surface area contributed by atoms with Crippen LogP contribution < -0.4 is 11.1 Å². The lowest BCUT2D eigenvalue weighted by molar-refractivity contribution is -0.140. The minimum absolute atomic E-state index is 0.0335. The molecule has 0 fully saturated rings. The van der Waals surface area contributed by atoms with Crippen LogP contribution in [0.4, 0.5) is 18.9 Å². The van der Waals surface area contributed by atoms with Crippen LogP contribution in [0.3, 0.4) is 0 Å². The molecule has 0 atom stereocenters. The minimum atomic E-state index is -4.74. The number of rotatable bonds is 5. The Morgan fingerprint density at radius 3 is 2.61 bits per heavy atom. The first-order chi connectivity index (χ1) is 15.5. The van der Waals surface area contributed by atoms with Crippen molar-refractivity contribution in [1.82, 2.24) is 25.0 Å². The number of thiophene rings is 1. The van der Waals surface area contributed by atoms with Crippen LogP contribution in [0.2, 0.25) is 0 Å². The average molecular weight is 542 g/mol. The number of anilines is 1. The zero-order chi connectivity index (χ0) is 24.1. The van der Waals surface area contributed by atoms with E-state index in [4.69, 9.17) is 5.73 Å². The third kappa shape index (κ3) is 4.11. The van der Waals surface area contributed by atoms with Crippen LogP contribution in [0.15, 0.2) is 22.9 Å². The van der Waals surface area contributed by atoms with Crippen LogP contribution in [0, 0.1) is 6.92 Å². The van der Waals surface area contributed by atoms with E-state index in [9.17, 15) is 22.8 Å². The Morgan fingerprint density at radius 2 is 2.06 bits per heavy atom. The summed E-state index contributed by atoms with van der Waals surface area (Å²) in [5.41, 5.74) is 5.37. The van der Waals surface area contributed by atoms with Crippen molar-refractivity contribution in [1.29, 1.82) is 0 Å². The first-order valence-corrected chi connectivity index (χ1v) is 11.0. The quantitative estimate of drug-likeness (QED) is 0.345. The number of nitrogens with two attached hydrogens (primary N) is 1. The summed E-state index contributed by atoms with van der Waals surface area (Å²) in [7, 11) is 0. The van der Waals surface area contributed by atoms with E-state index in [-0.39, 0.29) is 32.0 Å². The van der Waals surface area contributed by atoms with Gasteiger partial charge in [0.25, 0.3) is 11.8 Å². The number of aromatic nitrogens is 5. The van der Waals surface area contributed by atoms with Gasteiger partial charge in [0.2, 0.25) is 0 Å². The lowest BCUT2D eigenvalue weighted by Gasteiger charge is -2.11. The molecule has 33 heavy (non-hydrogen) atoms. The third-order valence-corrected chi connectivity index (χ3v) is 6.49. The number of hydrogen-bond donors (Lipinski definition) is 3. The Bertz CT molecular complexity index is 1410. The van der Waals surface area contributed by atoms with Gasteiger partial charge >= 0.3 is 6.18 Å². The first-order valence-electron chi connectivity index (χ1n) is 9.40. The molecule has 0 bridgehead atoms. The van der Waals surface area contributed by atoms with Crippen molar-refractivity contribution >= 4 is 55.0 Å². The molecule has 4 aromatic rings. The molecule has 0 aliphatic heterocycles.